The number of amides is 1. The number of hydrogen-bond acceptors (Lipinski definition) is 4. The van der Waals surface area contributed by atoms with E-state index in [2.05, 4.69) is 31.8 Å². The summed E-state index contributed by atoms with van der Waals surface area (Å²) in [4.78, 5) is 11.6. The van der Waals surface area contributed by atoms with Crippen LogP contribution in [0.5, 0.6) is 0 Å². The molecule has 1 unspecified atom stereocenters. The molecule has 0 aromatic heterocycles. The molecule has 1 atom stereocenters. The second-order valence-corrected chi connectivity index (χ2v) is 7.44. The van der Waals surface area contributed by atoms with Gasteiger partial charge in [0.05, 0.1) is 0 Å². The minimum absolute atomic E-state index is 0.0866. The first-order valence-corrected chi connectivity index (χ1v) is 8.42. The molecule has 0 saturated carbocycles. The number of hydrazone groups is 1. The standard InChI is InChI=1S/C16H12BrN3OS/c1-9-2-4-10(5-3-9)14-19-20-16(22-14)12-8-11(17)6-7-13(12)18-15(16)21/h2-8,20H,1H3,(H,18,21). The fourth-order valence-corrected chi connectivity index (χ4v) is 4.11. The van der Waals surface area contributed by atoms with Crippen molar-refractivity contribution < 1.29 is 4.79 Å². The zero-order chi connectivity index (χ0) is 15.3. The van der Waals surface area contributed by atoms with Gasteiger partial charge in [0.2, 0.25) is 4.87 Å². The normalized spacial score (nSPS) is 22.3. The second-order valence-electron chi connectivity index (χ2n) is 5.32. The van der Waals surface area contributed by atoms with Gasteiger partial charge in [-0.25, -0.2) is 0 Å². The van der Waals surface area contributed by atoms with Gasteiger partial charge in [-0.15, -0.1) is 0 Å². The third kappa shape index (κ3) is 1.98. The Hall–Kier alpha value is -1.79. The molecule has 2 aromatic rings. The highest BCUT2D eigenvalue weighted by Gasteiger charge is 2.52. The maximum absolute atomic E-state index is 12.5. The minimum Gasteiger partial charge on any atom is -0.323 e. The van der Waals surface area contributed by atoms with E-state index in [0.717, 1.165) is 26.3 Å². The van der Waals surface area contributed by atoms with Crippen LogP contribution < -0.4 is 10.7 Å². The lowest BCUT2D eigenvalue weighted by Gasteiger charge is -2.20. The van der Waals surface area contributed by atoms with Crippen molar-refractivity contribution in [1.82, 2.24) is 5.43 Å². The molecule has 2 aliphatic heterocycles. The molecule has 1 amide bonds. The molecule has 0 aliphatic carbocycles. The number of halogens is 1. The molecule has 4 rings (SSSR count). The summed E-state index contributed by atoms with van der Waals surface area (Å²) in [6, 6.07) is 13.9. The van der Waals surface area contributed by atoms with Gasteiger partial charge >= 0.3 is 0 Å². The highest BCUT2D eigenvalue weighted by atomic mass is 79.9. The van der Waals surface area contributed by atoms with E-state index in [9.17, 15) is 4.79 Å². The van der Waals surface area contributed by atoms with Crippen molar-refractivity contribution in [3.05, 3.63) is 63.6 Å². The third-order valence-corrected chi connectivity index (χ3v) is 5.61. The summed E-state index contributed by atoms with van der Waals surface area (Å²) in [5.41, 5.74) is 6.99. The van der Waals surface area contributed by atoms with Gasteiger partial charge in [-0.05, 0) is 25.1 Å². The molecule has 0 saturated heterocycles. The number of rotatable bonds is 1. The van der Waals surface area contributed by atoms with E-state index >= 15 is 0 Å². The highest BCUT2D eigenvalue weighted by Crippen LogP contribution is 2.48. The molecule has 110 valence electrons. The number of carbonyl (C=O) groups excluding carboxylic acids is 1. The van der Waals surface area contributed by atoms with Crippen LogP contribution in [-0.2, 0) is 9.67 Å². The van der Waals surface area contributed by atoms with Gasteiger partial charge in [-0.1, -0.05) is 57.5 Å². The Morgan fingerprint density at radius 2 is 1.95 bits per heavy atom. The van der Waals surface area contributed by atoms with E-state index in [4.69, 9.17) is 0 Å². The second kappa shape index (κ2) is 4.86. The number of benzene rings is 2. The molecule has 6 heteroatoms. The summed E-state index contributed by atoms with van der Waals surface area (Å²) in [6.45, 7) is 2.05. The van der Waals surface area contributed by atoms with Crippen LogP contribution in [0.15, 0.2) is 52.0 Å². The van der Waals surface area contributed by atoms with Gasteiger partial charge in [0.25, 0.3) is 5.91 Å². The Morgan fingerprint density at radius 3 is 2.73 bits per heavy atom. The van der Waals surface area contributed by atoms with Crippen molar-refractivity contribution in [2.75, 3.05) is 5.32 Å². The summed E-state index contributed by atoms with van der Waals surface area (Å²) < 4.78 is 0.938. The third-order valence-electron chi connectivity index (χ3n) is 3.79. The largest absolute Gasteiger partial charge is 0.323 e. The molecule has 0 radical (unpaired) electrons. The fraction of sp³-hybridized carbons (Fsp3) is 0.125. The van der Waals surface area contributed by atoms with Crippen LogP contribution in [0.1, 0.15) is 16.7 Å². The number of carbonyl (C=O) groups is 1. The lowest BCUT2D eigenvalue weighted by molar-refractivity contribution is -0.118. The molecule has 4 nitrogen and oxygen atoms in total. The molecular formula is C16H12BrN3OS. The van der Waals surface area contributed by atoms with E-state index in [-0.39, 0.29) is 5.91 Å². The topological polar surface area (TPSA) is 53.5 Å². The number of hydrogen-bond donors (Lipinski definition) is 2. The number of nitrogens with one attached hydrogen (secondary N) is 2. The Labute approximate surface area is 140 Å². The summed E-state index contributed by atoms with van der Waals surface area (Å²) in [5, 5.41) is 8.15. The van der Waals surface area contributed by atoms with Gasteiger partial charge in [0, 0.05) is 21.3 Å². The van der Waals surface area contributed by atoms with E-state index in [0.29, 0.717) is 0 Å². The molecule has 2 aliphatic rings. The summed E-state index contributed by atoms with van der Waals surface area (Å²) in [7, 11) is 0. The summed E-state index contributed by atoms with van der Waals surface area (Å²) in [5.74, 6) is -0.0866. The number of nitrogens with zero attached hydrogens (tertiary/aromatic N) is 1. The fourth-order valence-electron chi connectivity index (χ4n) is 2.60. The van der Waals surface area contributed by atoms with Crippen LogP contribution in [0, 0.1) is 6.92 Å². The highest BCUT2D eigenvalue weighted by molar-refractivity contribution is 9.10. The van der Waals surface area contributed by atoms with Gasteiger partial charge in [0.15, 0.2) is 0 Å². The van der Waals surface area contributed by atoms with Crippen LogP contribution in [0.3, 0.4) is 0 Å². The SMILES string of the molecule is Cc1ccc(C2=NNC3(S2)C(=O)Nc2ccc(Br)cc23)cc1. The molecule has 0 bridgehead atoms. The molecule has 2 N–H and O–H groups in total. The van der Waals surface area contributed by atoms with Crippen LogP contribution in [0.2, 0.25) is 0 Å². The molecule has 2 aromatic carbocycles. The maximum Gasteiger partial charge on any atom is 0.267 e. The van der Waals surface area contributed by atoms with Gasteiger partial charge in [-0.2, -0.15) is 5.10 Å². The summed E-state index contributed by atoms with van der Waals surface area (Å²) >= 11 is 4.91. The molecule has 22 heavy (non-hydrogen) atoms. The average Bonchev–Trinajstić information content (AvgIpc) is 3.06. The monoisotopic (exact) mass is 373 g/mol. The number of fused-ring (bicyclic) bond motifs is 2. The van der Waals surface area contributed by atoms with E-state index in [1.807, 2.05) is 49.4 Å². The molecule has 1 spiro atoms. The Morgan fingerprint density at radius 1 is 1.18 bits per heavy atom. The maximum atomic E-state index is 12.5. The Bertz CT molecular complexity index is 819. The Balaban J connectivity index is 1.73. The van der Waals surface area contributed by atoms with E-state index in [1.165, 1.54) is 17.3 Å². The first-order chi connectivity index (χ1) is 10.6. The van der Waals surface area contributed by atoms with Gasteiger partial charge < -0.3 is 5.32 Å². The van der Waals surface area contributed by atoms with E-state index < -0.39 is 4.87 Å². The smallest absolute Gasteiger partial charge is 0.267 e. The van der Waals surface area contributed by atoms with E-state index in [1.54, 1.807) is 0 Å². The van der Waals surface area contributed by atoms with Crippen LogP contribution in [-0.4, -0.2) is 11.0 Å². The first-order valence-electron chi connectivity index (χ1n) is 6.81. The van der Waals surface area contributed by atoms with Crippen LogP contribution in [0.4, 0.5) is 5.69 Å². The average molecular weight is 374 g/mol. The van der Waals surface area contributed by atoms with Crippen molar-refractivity contribution in [1.29, 1.82) is 0 Å². The quantitative estimate of drug-likeness (QED) is 0.803. The molecular weight excluding hydrogens is 362 g/mol. The zero-order valence-electron chi connectivity index (χ0n) is 11.7. The zero-order valence-corrected chi connectivity index (χ0v) is 14.1. The van der Waals surface area contributed by atoms with Crippen LogP contribution >= 0.6 is 27.7 Å². The lowest BCUT2D eigenvalue weighted by atomic mass is 10.1. The predicted molar refractivity (Wildman–Crippen MR) is 92.9 cm³/mol. The Kier molecular flexibility index (Phi) is 3.06. The number of thioether (sulfide) groups is 1. The lowest BCUT2D eigenvalue weighted by Crippen LogP contribution is -2.39. The van der Waals surface area contributed by atoms with Crippen molar-refractivity contribution in [3.8, 4) is 0 Å². The predicted octanol–water partition coefficient (Wildman–Crippen LogP) is 3.56. The minimum atomic E-state index is -0.876. The van der Waals surface area contributed by atoms with Crippen LogP contribution in [0.25, 0.3) is 0 Å². The van der Waals surface area contributed by atoms with Crippen molar-refractivity contribution >= 4 is 44.3 Å². The van der Waals surface area contributed by atoms with Crippen molar-refractivity contribution in [3.63, 3.8) is 0 Å². The molecule has 0 fully saturated rings. The van der Waals surface area contributed by atoms with Gasteiger partial charge in [-0.3, -0.25) is 10.2 Å². The van der Waals surface area contributed by atoms with Gasteiger partial charge in [0.1, 0.15) is 5.04 Å². The first kappa shape index (κ1) is 13.8. The van der Waals surface area contributed by atoms with Crippen molar-refractivity contribution in [2.45, 2.75) is 11.8 Å². The number of anilines is 1. The summed E-state index contributed by atoms with van der Waals surface area (Å²) in [6.07, 6.45) is 0. The number of aryl methyl sites for hydroxylation is 1. The van der Waals surface area contributed by atoms with Crippen molar-refractivity contribution in [2.24, 2.45) is 5.10 Å². The molecule has 2 heterocycles.